The van der Waals surface area contributed by atoms with Gasteiger partial charge in [-0.1, -0.05) is 0 Å². The van der Waals surface area contributed by atoms with Crippen molar-refractivity contribution in [1.29, 1.82) is 0 Å². The SMILES string of the molecule is COc1ccc(-c2[nH][nH]c(=O)c2CN)cc1OC. The number of nitrogens with one attached hydrogen (secondary N) is 2. The standard InChI is InChI=1S/C12H15N3O3/c1-17-9-4-3-7(5-10(9)18-2)11-8(6-13)12(16)15-14-11/h3-5H,6,13H2,1-2H3,(H2,14,15,16). The monoisotopic (exact) mass is 249 g/mol. The Kier molecular flexibility index (Phi) is 3.38. The molecule has 1 aromatic heterocycles. The van der Waals surface area contributed by atoms with Gasteiger partial charge in [0.15, 0.2) is 11.5 Å². The van der Waals surface area contributed by atoms with Crippen molar-refractivity contribution < 1.29 is 9.47 Å². The number of hydrogen-bond donors (Lipinski definition) is 3. The zero-order valence-corrected chi connectivity index (χ0v) is 10.2. The van der Waals surface area contributed by atoms with Gasteiger partial charge in [-0.15, -0.1) is 0 Å². The van der Waals surface area contributed by atoms with Crippen LogP contribution in [0, 0.1) is 0 Å². The van der Waals surface area contributed by atoms with Gasteiger partial charge in [0, 0.05) is 12.1 Å². The fraction of sp³-hybridized carbons (Fsp3) is 0.250. The third-order valence-electron chi connectivity index (χ3n) is 2.75. The first-order valence-electron chi connectivity index (χ1n) is 5.43. The van der Waals surface area contributed by atoms with Gasteiger partial charge in [-0.3, -0.25) is 15.0 Å². The van der Waals surface area contributed by atoms with Crippen molar-refractivity contribution in [2.24, 2.45) is 5.73 Å². The molecule has 0 atom stereocenters. The average molecular weight is 249 g/mol. The molecule has 2 rings (SSSR count). The third-order valence-corrected chi connectivity index (χ3v) is 2.75. The van der Waals surface area contributed by atoms with Crippen molar-refractivity contribution in [3.05, 3.63) is 34.1 Å². The van der Waals surface area contributed by atoms with Crippen LogP contribution in [0.15, 0.2) is 23.0 Å². The molecule has 0 fully saturated rings. The first kappa shape index (κ1) is 12.3. The Hall–Kier alpha value is -2.21. The lowest BCUT2D eigenvalue weighted by Crippen LogP contribution is -2.10. The topological polar surface area (TPSA) is 93.1 Å². The molecule has 1 aromatic carbocycles. The van der Waals surface area contributed by atoms with Crippen LogP contribution < -0.4 is 20.8 Å². The molecule has 0 radical (unpaired) electrons. The average Bonchev–Trinajstić information content (AvgIpc) is 2.78. The minimum Gasteiger partial charge on any atom is -0.493 e. The summed E-state index contributed by atoms with van der Waals surface area (Å²) in [6, 6.07) is 5.40. The lowest BCUT2D eigenvalue weighted by molar-refractivity contribution is 0.355. The van der Waals surface area contributed by atoms with Crippen LogP contribution in [-0.4, -0.2) is 24.4 Å². The predicted molar refractivity (Wildman–Crippen MR) is 67.8 cm³/mol. The van der Waals surface area contributed by atoms with Gasteiger partial charge in [0.1, 0.15) is 0 Å². The Morgan fingerprint density at radius 3 is 2.50 bits per heavy atom. The summed E-state index contributed by atoms with van der Waals surface area (Å²) < 4.78 is 10.4. The molecule has 4 N–H and O–H groups in total. The van der Waals surface area contributed by atoms with Crippen LogP contribution in [-0.2, 0) is 6.54 Å². The van der Waals surface area contributed by atoms with Gasteiger partial charge in [0.25, 0.3) is 5.56 Å². The molecule has 0 aliphatic rings. The number of benzene rings is 1. The maximum Gasteiger partial charge on any atom is 0.269 e. The highest BCUT2D eigenvalue weighted by molar-refractivity contribution is 5.66. The summed E-state index contributed by atoms with van der Waals surface area (Å²) in [5.41, 5.74) is 7.36. The number of rotatable bonds is 4. The fourth-order valence-electron chi connectivity index (χ4n) is 1.82. The van der Waals surface area contributed by atoms with Gasteiger partial charge in [-0.2, -0.15) is 0 Å². The van der Waals surface area contributed by atoms with Crippen molar-refractivity contribution in [3.8, 4) is 22.8 Å². The molecule has 0 unspecified atom stereocenters. The van der Waals surface area contributed by atoms with Crippen molar-refractivity contribution in [2.75, 3.05) is 14.2 Å². The van der Waals surface area contributed by atoms with Crippen molar-refractivity contribution in [2.45, 2.75) is 6.54 Å². The van der Waals surface area contributed by atoms with Gasteiger partial charge in [-0.05, 0) is 18.2 Å². The van der Waals surface area contributed by atoms with Crippen LogP contribution in [0.5, 0.6) is 11.5 Å². The van der Waals surface area contributed by atoms with Crippen molar-refractivity contribution in [3.63, 3.8) is 0 Å². The first-order valence-corrected chi connectivity index (χ1v) is 5.43. The Labute approximate surface area is 104 Å². The highest BCUT2D eigenvalue weighted by Crippen LogP contribution is 2.31. The van der Waals surface area contributed by atoms with Crippen LogP contribution >= 0.6 is 0 Å². The van der Waals surface area contributed by atoms with Gasteiger partial charge >= 0.3 is 0 Å². The molecular weight excluding hydrogens is 234 g/mol. The molecule has 0 saturated carbocycles. The van der Waals surface area contributed by atoms with Gasteiger partial charge < -0.3 is 15.2 Å². The third kappa shape index (κ3) is 1.98. The zero-order valence-electron chi connectivity index (χ0n) is 10.2. The van der Waals surface area contributed by atoms with Crippen LogP contribution in [0.2, 0.25) is 0 Å². The molecule has 0 bridgehead atoms. The van der Waals surface area contributed by atoms with E-state index in [0.29, 0.717) is 22.8 Å². The van der Waals surface area contributed by atoms with E-state index in [9.17, 15) is 4.79 Å². The normalized spacial score (nSPS) is 10.4. The summed E-state index contributed by atoms with van der Waals surface area (Å²) in [4.78, 5) is 11.5. The highest BCUT2D eigenvalue weighted by Gasteiger charge is 2.12. The Balaban J connectivity index is 2.54. The lowest BCUT2D eigenvalue weighted by Gasteiger charge is -2.09. The molecule has 0 saturated heterocycles. The number of ether oxygens (including phenoxy) is 2. The molecule has 2 aromatic rings. The quantitative estimate of drug-likeness (QED) is 0.748. The number of H-pyrrole nitrogens is 2. The molecular formula is C12H15N3O3. The molecule has 0 aliphatic heterocycles. The fourth-order valence-corrected chi connectivity index (χ4v) is 1.82. The van der Waals surface area contributed by atoms with E-state index >= 15 is 0 Å². The van der Waals surface area contributed by atoms with E-state index in [0.717, 1.165) is 5.56 Å². The lowest BCUT2D eigenvalue weighted by atomic mass is 10.1. The van der Waals surface area contributed by atoms with Gasteiger partial charge in [0.05, 0.1) is 25.5 Å². The second-order valence-corrected chi connectivity index (χ2v) is 3.71. The summed E-state index contributed by atoms with van der Waals surface area (Å²) in [5, 5.41) is 5.34. The van der Waals surface area contributed by atoms with Crippen molar-refractivity contribution >= 4 is 0 Å². The summed E-state index contributed by atoms with van der Waals surface area (Å²) in [5.74, 6) is 1.23. The molecule has 0 spiro atoms. The second kappa shape index (κ2) is 4.97. The largest absolute Gasteiger partial charge is 0.493 e. The number of aromatic nitrogens is 2. The molecule has 0 aliphatic carbocycles. The maximum atomic E-state index is 11.5. The number of hydrogen-bond acceptors (Lipinski definition) is 4. The second-order valence-electron chi connectivity index (χ2n) is 3.71. The van der Waals surface area contributed by atoms with E-state index in [1.807, 2.05) is 6.07 Å². The minimum absolute atomic E-state index is 0.169. The Morgan fingerprint density at radius 1 is 1.17 bits per heavy atom. The first-order chi connectivity index (χ1) is 8.71. The summed E-state index contributed by atoms with van der Waals surface area (Å²) in [6.45, 7) is 0.169. The maximum absolute atomic E-state index is 11.5. The molecule has 6 heteroatoms. The van der Waals surface area contributed by atoms with E-state index in [1.54, 1.807) is 26.4 Å². The highest BCUT2D eigenvalue weighted by atomic mass is 16.5. The molecule has 96 valence electrons. The van der Waals surface area contributed by atoms with Crippen LogP contribution in [0.3, 0.4) is 0 Å². The summed E-state index contributed by atoms with van der Waals surface area (Å²) in [7, 11) is 3.13. The molecule has 6 nitrogen and oxygen atoms in total. The van der Waals surface area contributed by atoms with E-state index in [4.69, 9.17) is 15.2 Å². The van der Waals surface area contributed by atoms with E-state index < -0.39 is 0 Å². The van der Waals surface area contributed by atoms with E-state index in [2.05, 4.69) is 10.2 Å². The van der Waals surface area contributed by atoms with Crippen LogP contribution in [0.4, 0.5) is 0 Å². The molecule has 0 amide bonds. The summed E-state index contributed by atoms with van der Waals surface area (Å²) >= 11 is 0. The van der Waals surface area contributed by atoms with Crippen molar-refractivity contribution in [1.82, 2.24) is 10.2 Å². The van der Waals surface area contributed by atoms with Crippen LogP contribution in [0.1, 0.15) is 5.56 Å². The number of nitrogens with two attached hydrogens (primary N) is 1. The number of methoxy groups -OCH3 is 2. The van der Waals surface area contributed by atoms with E-state index in [-0.39, 0.29) is 12.1 Å². The smallest absolute Gasteiger partial charge is 0.269 e. The van der Waals surface area contributed by atoms with Gasteiger partial charge in [0.2, 0.25) is 0 Å². The Morgan fingerprint density at radius 2 is 1.89 bits per heavy atom. The van der Waals surface area contributed by atoms with Crippen LogP contribution in [0.25, 0.3) is 11.3 Å². The molecule has 18 heavy (non-hydrogen) atoms. The van der Waals surface area contributed by atoms with E-state index in [1.165, 1.54) is 0 Å². The predicted octanol–water partition coefficient (Wildman–Crippen LogP) is 0.846. The zero-order chi connectivity index (χ0) is 13.1. The summed E-state index contributed by atoms with van der Waals surface area (Å²) in [6.07, 6.45) is 0. The number of aromatic amines is 2. The van der Waals surface area contributed by atoms with Gasteiger partial charge in [-0.25, -0.2) is 0 Å². The molecule has 1 heterocycles. The minimum atomic E-state index is -0.206. The Bertz CT molecular complexity index is 601.